The van der Waals surface area contributed by atoms with Crippen molar-refractivity contribution in [1.29, 1.82) is 0 Å². The van der Waals surface area contributed by atoms with Gasteiger partial charge < -0.3 is 10.1 Å². The zero-order valence-corrected chi connectivity index (χ0v) is 12.6. The molecule has 7 heteroatoms. The maximum Gasteiger partial charge on any atom is 0.259 e. The van der Waals surface area contributed by atoms with Crippen molar-refractivity contribution in [2.75, 3.05) is 0 Å². The number of nitrogens with one attached hydrogen (secondary N) is 1. The van der Waals surface area contributed by atoms with Gasteiger partial charge in [-0.15, -0.1) is 0 Å². The molecule has 2 aromatic carbocycles. The highest BCUT2D eigenvalue weighted by molar-refractivity contribution is 6.38. The highest BCUT2D eigenvalue weighted by Gasteiger charge is 2.11. The Labute approximate surface area is 133 Å². The highest BCUT2D eigenvalue weighted by atomic mass is 35.5. The number of rotatable bonds is 1. The summed E-state index contributed by atoms with van der Waals surface area (Å²) >= 11 is 17.8. The summed E-state index contributed by atoms with van der Waals surface area (Å²) in [5.41, 5.74) is 0.551. The molecule has 106 valence electrons. The van der Waals surface area contributed by atoms with E-state index < -0.39 is 0 Å². The van der Waals surface area contributed by atoms with Crippen LogP contribution in [0.4, 0.5) is 0 Å². The number of phenols is 1. The van der Waals surface area contributed by atoms with E-state index in [1.807, 2.05) is 0 Å². The van der Waals surface area contributed by atoms with Gasteiger partial charge in [-0.05, 0) is 30.3 Å². The van der Waals surface area contributed by atoms with Gasteiger partial charge in [0.15, 0.2) is 0 Å². The van der Waals surface area contributed by atoms with Crippen LogP contribution in [0.2, 0.25) is 15.1 Å². The topological polar surface area (TPSA) is 66.0 Å². The minimum atomic E-state index is -0.358. The minimum Gasteiger partial charge on any atom is -0.506 e. The van der Waals surface area contributed by atoms with E-state index in [0.717, 1.165) is 0 Å². The molecule has 0 radical (unpaired) electrons. The summed E-state index contributed by atoms with van der Waals surface area (Å²) in [6.45, 7) is 0. The van der Waals surface area contributed by atoms with Crippen LogP contribution in [-0.2, 0) is 0 Å². The number of nitrogens with zero attached hydrogens (tertiary/aromatic N) is 1. The first-order chi connectivity index (χ1) is 9.95. The van der Waals surface area contributed by atoms with Crippen molar-refractivity contribution in [3.63, 3.8) is 0 Å². The number of fused-ring (bicyclic) bond motifs is 1. The van der Waals surface area contributed by atoms with E-state index >= 15 is 0 Å². The van der Waals surface area contributed by atoms with Crippen LogP contribution in [0.15, 0.2) is 35.1 Å². The Morgan fingerprint density at radius 1 is 1.05 bits per heavy atom. The summed E-state index contributed by atoms with van der Waals surface area (Å²) in [5, 5.41) is 10.6. The first kappa shape index (κ1) is 14.2. The van der Waals surface area contributed by atoms with Crippen molar-refractivity contribution < 1.29 is 5.11 Å². The molecule has 0 aliphatic carbocycles. The summed E-state index contributed by atoms with van der Waals surface area (Å²) in [6, 6.07) is 7.54. The minimum absolute atomic E-state index is 0.0478. The Hall–Kier alpha value is -1.75. The molecule has 3 aromatic rings. The Kier molecular flexibility index (Phi) is 3.53. The molecule has 0 atom stereocenters. The molecule has 0 saturated heterocycles. The second-order valence-electron chi connectivity index (χ2n) is 4.36. The first-order valence-corrected chi connectivity index (χ1v) is 6.97. The predicted octanol–water partition coefficient (Wildman–Crippen LogP) is 4.26. The van der Waals surface area contributed by atoms with Gasteiger partial charge in [0, 0.05) is 10.6 Å². The van der Waals surface area contributed by atoms with Crippen molar-refractivity contribution in [1.82, 2.24) is 9.97 Å². The number of H-pyrrole nitrogens is 1. The van der Waals surface area contributed by atoms with E-state index in [1.54, 1.807) is 6.07 Å². The molecule has 21 heavy (non-hydrogen) atoms. The Morgan fingerprint density at radius 3 is 2.52 bits per heavy atom. The van der Waals surface area contributed by atoms with E-state index in [4.69, 9.17) is 34.8 Å². The van der Waals surface area contributed by atoms with Crippen LogP contribution in [0.1, 0.15) is 0 Å². The number of aromatic nitrogens is 2. The van der Waals surface area contributed by atoms with E-state index in [2.05, 4.69) is 9.97 Å². The standard InChI is InChI=1S/C14H7Cl3N2O2/c15-7-4-8-12(10(17)5-7)18-13(19-14(8)21)6-1-2-11(20)9(16)3-6/h1-5,20H,(H,18,19,21). The zero-order chi connectivity index (χ0) is 15.1. The lowest BCUT2D eigenvalue weighted by molar-refractivity contribution is 0.475. The Balaban J connectivity index is 2.30. The second-order valence-corrected chi connectivity index (χ2v) is 5.62. The molecule has 1 aromatic heterocycles. The predicted molar refractivity (Wildman–Crippen MR) is 84.5 cm³/mol. The van der Waals surface area contributed by atoms with Crippen LogP contribution >= 0.6 is 34.8 Å². The Morgan fingerprint density at radius 2 is 1.81 bits per heavy atom. The van der Waals surface area contributed by atoms with Gasteiger partial charge in [-0.3, -0.25) is 4.79 Å². The molecule has 3 rings (SSSR count). The molecule has 4 nitrogen and oxygen atoms in total. The van der Waals surface area contributed by atoms with Crippen LogP contribution < -0.4 is 5.56 Å². The fourth-order valence-electron chi connectivity index (χ4n) is 1.96. The van der Waals surface area contributed by atoms with Crippen molar-refractivity contribution in [3.05, 3.63) is 55.8 Å². The first-order valence-electron chi connectivity index (χ1n) is 5.83. The average Bonchev–Trinajstić information content (AvgIpc) is 2.43. The van der Waals surface area contributed by atoms with Crippen LogP contribution in [0.25, 0.3) is 22.3 Å². The molecule has 2 N–H and O–H groups in total. The highest BCUT2D eigenvalue weighted by Crippen LogP contribution is 2.29. The van der Waals surface area contributed by atoms with E-state index in [0.29, 0.717) is 27.3 Å². The number of hydrogen-bond acceptors (Lipinski definition) is 3. The largest absolute Gasteiger partial charge is 0.506 e. The molecule has 0 aliphatic heterocycles. The van der Waals surface area contributed by atoms with Crippen LogP contribution in [0.3, 0.4) is 0 Å². The van der Waals surface area contributed by atoms with Gasteiger partial charge in [0.2, 0.25) is 0 Å². The number of aromatic hydroxyl groups is 1. The second kappa shape index (κ2) is 5.22. The quantitative estimate of drug-likeness (QED) is 0.695. The van der Waals surface area contributed by atoms with Gasteiger partial charge in [0.1, 0.15) is 11.6 Å². The van der Waals surface area contributed by atoms with Crippen LogP contribution in [-0.4, -0.2) is 15.1 Å². The summed E-state index contributed by atoms with van der Waals surface area (Å²) in [4.78, 5) is 19.1. The number of aromatic amines is 1. The number of benzene rings is 2. The fourth-order valence-corrected chi connectivity index (χ4v) is 2.67. The number of hydrogen-bond donors (Lipinski definition) is 2. The van der Waals surface area contributed by atoms with Crippen molar-refractivity contribution in [3.8, 4) is 17.1 Å². The lowest BCUT2D eigenvalue weighted by Gasteiger charge is -2.06. The van der Waals surface area contributed by atoms with Gasteiger partial charge >= 0.3 is 0 Å². The molecule has 0 spiro atoms. The number of halogens is 3. The number of phenolic OH excluding ortho intramolecular Hbond substituents is 1. The molecule has 0 unspecified atom stereocenters. The van der Waals surface area contributed by atoms with Crippen LogP contribution in [0, 0.1) is 0 Å². The van der Waals surface area contributed by atoms with Crippen molar-refractivity contribution in [2.24, 2.45) is 0 Å². The third-order valence-electron chi connectivity index (χ3n) is 2.95. The monoisotopic (exact) mass is 340 g/mol. The lowest BCUT2D eigenvalue weighted by atomic mass is 10.2. The summed E-state index contributed by atoms with van der Waals surface area (Å²) in [5.74, 6) is 0.256. The summed E-state index contributed by atoms with van der Waals surface area (Å²) < 4.78 is 0. The molecule has 0 bridgehead atoms. The smallest absolute Gasteiger partial charge is 0.259 e. The molecule has 0 saturated carbocycles. The zero-order valence-electron chi connectivity index (χ0n) is 10.3. The lowest BCUT2D eigenvalue weighted by Crippen LogP contribution is -2.09. The van der Waals surface area contributed by atoms with Gasteiger partial charge in [-0.25, -0.2) is 4.98 Å². The summed E-state index contributed by atoms with van der Waals surface area (Å²) in [7, 11) is 0. The molecule has 0 aliphatic rings. The normalized spacial score (nSPS) is 11.0. The summed E-state index contributed by atoms with van der Waals surface area (Å²) in [6.07, 6.45) is 0. The van der Waals surface area contributed by atoms with Gasteiger partial charge in [0.05, 0.1) is 20.9 Å². The third kappa shape index (κ3) is 2.58. The van der Waals surface area contributed by atoms with E-state index in [1.165, 1.54) is 24.3 Å². The van der Waals surface area contributed by atoms with E-state index in [9.17, 15) is 9.90 Å². The van der Waals surface area contributed by atoms with Crippen LogP contribution in [0.5, 0.6) is 5.75 Å². The SMILES string of the molecule is O=c1[nH]c(-c2ccc(O)c(Cl)c2)nc2c(Cl)cc(Cl)cc12. The van der Waals surface area contributed by atoms with Crippen molar-refractivity contribution >= 4 is 45.7 Å². The van der Waals surface area contributed by atoms with Crippen molar-refractivity contribution in [2.45, 2.75) is 0 Å². The maximum atomic E-state index is 12.1. The maximum absolute atomic E-state index is 12.1. The van der Waals surface area contributed by atoms with Gasteiger partial charge in [0.25, 0.3) is 5.56 Å². The average molecular weight is 342 g/mol. The van der Waals surface area contributed by atoms with Gasteiger partial charge in [-0.1, -0.05) is 34.8 Å². The third-order valence-corrected chi connectivity index (χ3v) is 3.76. The molecule has 0 amide bonds. The molecule has 0 fully saturated rings. The molecular formula is C14H7Cl3N2O2. The Bertz CT molecular complexity index is 922. The van der Waals surface area contributed by atoms with E-state index in [-0.39, 0.29) is 21.4 Å². The molecule has 1 heterocycles. The molecular weight excluding hydrogens is 335 g/mol. The van der Waals surface area contributed by atoms with Gasteiger partial charge in [-0.2, -0.15) is 0 Å². The fraction of sp³-hybridized carbons (Fsp3) is 0.